The molecule has 11 nitrogen and oxygen atoms in total. The lowest BCUT2D eigenvalue weighted by molar-refractivity contribution is -0.393. The van der Waals surface area contributed by atoms with Gasteiger partial charge in [-0.25, -0.2) is 0 Å². The monoisotopic (exact) mass is 496 g/mol. The Kier molecular flexibility index (Phi) is 8.38. The third kappa shape index (κ3) is 5.36. The van der Waals surface area contributed by atoms with E-state index < -0.39 is 33.1 Å². The van der Waals surface area contributed by atoms with Gasteiger partial charge in [-0.3, -0.25) is 29.8 Å². The largest absolute Gasteiger partial charge is 0.469 e. The number of methoxy groups -OCH3 is 1. The molecule has 1 aromatic carbocycles. The van der Waals surface area contributed by atoms with Crippen molar-refractivity contribution >= 4 is 60.8 Å². The fourth-order valence-corrected chi connectivity index (χ4v) is 3.31. The molecule has 0 aromatic heterocycles. The topological polar surface area (TPSA) is 145 Å². The van der Waals surface area contributed by atoms with E-state index >= 15 is 0 Å². The van der Waals surface area contributed by atoms with Gasteiger partial charge in [-0.2, -0.15) is 0 Å². The van der Waals surface area contributed by atoms with Crippen molar-refractivity contribution in [3.05, 3.63) is 37.9 Å². The summed E-state index contributed by atoms with van der Waals surface area (Å²) in [4.78, 5) is 45.8. The van der Waals surface area contributed by atoms with Gasteiger partial charge in [-0.05, 0) is 0 Å². The number of rotatable bonds is 9. The molecule has 1 N–H and O–H groups in total. The van der Waals surface area contributed by atoms with E-state index in [9.17, 15) is 29.8 Å². The molecule has 0 atom stereocenters. The normalized spacial score (nSPS) is 10.1. The molecule has 26 heavy (non-hydrogen) atoms. The Morgan fingerprint density at radius 1 is 1.19 bits per heavy atom. The number of alkyl halides is 2. The number of nitrogens with one attached hydrogen (secondary N) is 1. The highest BCUT2D eigenvalue weighted by atomic mass is 79.9. The number of benzene rings is 1. The van der Waals surface area contributed by atoms with Crippen molar-refractivity contribution < 1.29 is 24.2 Å². The lowest BCUT2D eigenvalue weighted by atomic mass is 10.1. The molecule has 1 aromatic rings. The summed E-state index contributed by atoms with van der Waals surface area (Å²) in [6.07, 6.45) is -0.116. The van der Waals surface area contributed by atoms with Crippen LogP contribution in [-0.4, -0.2) is 46.3 Å². The zero-order valence-corrected chi connectivity index (χ0v) is 16.6. The van der Waals surface area contributed by atoms with Crippen LogP contribution in [0.15, 0.2) is 12.1 Å². The standard InChI is InChI=1S/C13H14Br2N4O7/c1-26-11(20)2-3-16-13(21)9-4-8(18(22)23)5-10(19(24)25)12(9)17(6-14)7-15/h4-5H,2-3,6-7H2,1H3,(H,16,21). The van der Waals surface area contributed by atoms with E-state index in [0.29, 0.717) is 0 Å². The first-order valence-electron chi connectivity index (χ1n) is 6.95. The predicted octanol–water partition coefficient (Wildman–Crippen LogP) is 2.31. The van der Waals surface area contributed by atoms with Crippen LogP contribution in [0.25, 0.3) is 0 Å². The second kappa shape index (κ2) is 10.0. The van der Waals surface area contributed by atoms with Crippen molar-refractivity contribution in [1.29, 1.82) is 0 Å². The summed E-state index contributed by atoms with van der Waals surface area (Å²) in [6.45, 7) is -0.0932. The Hall–Kier alpha value is -2.28. The first-order chi connectivity index (χ1) is 12.3. The number of hydrogen-bond donors (Lipinski definition) is 1. The van der Waals surface area contributed by atoms with Gasteiger partial charge in [0.05, 0.1) is 45.9 Å². The lowest BCUT2D eigenvalue weighted by Gasteiger charge is -2.21. The van der Waals surface area contributed by atoms with Gasteiger partial charge in [0, 0.05) is 12.6 Å². The summed E-state index contributed by atoms with van der Waals surface area (Å²) in [5, 5.41) is 24.9. The van der Waals surface area contributed by atoms with Gasteiger partial charge in [0.1, 0.15) is 5.69 Å². The van der Waals surface area contributed by atoms with Crippen LogP contribution < -0.4 is 10.2 Å². The number of carbonyl (C=O) groups excluding carboxylic acids is 2. The fraction of sp³-hybridized carbons (Fsp3) is 0.385. The van der Waals surface area contributed by atoms with Gasteiger partial charge in [0.2, 0.25) is 0 Å². The number of non-ortho nitro benzene ring substituents is 1. The van der Waals surface area contributed by atoms with Crippen molar-refractivity contribution in [2.45, 2.75) is 6.42 Å². The summed E-state index contributed by atoms with van der Waals surface area (Å²) in [7, 11) is 1.19. The number of nitro groups is 2. The average Bonchev–Trinajstić information content (AvgIpc) is 2.61. The predicted molar refractivity (Wildman–Crippen MR) is 98.8 cm³/mol. The number of carbonyl (C=O) groups is 2. The van der Waals surface area contributed by atoms with Crippen LogP contribution in [0.1, 0.15) is 16.8 Å². The highest BCUT2D eigenvalue weighted by molar-refractivity contribution is 9.09. The molecule has 0 aliphatic rings. The minimum atomic E-state index is -0.825. The van der Waals surface area contributed by atoms with Crippen LogP contribution in [0.4, 0.5) is 17.1 Å². The molecule has 0 unspecified atom stereocenters. The van der Waals surface area contributed by atoms with Crippen molar-refractivity contribution in [3.63, 3.8) is 0 Å². The van der Waals surface area contributed by atoms with Gasteiger partial charge in [0.15, 0.2) is 0 Å². The van der Waals surface area contributed by atoms with Crippen LogP contribution in [0.3, 0.4) is 0 Å². The number of anilines is 1. The molecule has 0 radical (unpaired) electrons. The quantitative estimate of drug-likeness (QED) is 0.180. The zero-order valence-electron chi connectivity index (χ0n) is 13.4. The van der Waals surface area contributed by atoms with Crippen molar-refractivity contribution in [3.8, 4) is 0 Å². The van der Waals surface area contributed by atoms with E-state index in [-0.39, 0.29) is 35.1 Å². The van der Waals surface area contributed by atoms with E-state index in [1.165, 1.54) is 12.0 Å². The molecular formula is C13H14Br2N4O7. The molecule has 142 valence electrons. The Morgan fingerprint density at radius 2 is 1.81 bits per heavy atom. The van der Waals surface area contributed by atoms with Crippen LogP contribution in [-0.2, 0) is 9.53 Å². The van der Waals surface area contributed by atoms with Gasteiger partial charge < -0.3 is 15.0 Å². The summed E-state index contributed by atoms with van der Waals surface area (Å²) in [5.41, 5.74) is -1.28. The molecule has 0 aliphatic heterocycles. The first-order valence-corrected chi connectivity index (χ1v) is 9.19. The van der Waals surface area contributed by atoms with Crippen LogP contribution in [0.5, 0.6) is 0 Å². The number of amides is 1. The Labute approximate surface area is 164 Å². The molecule has 1 amide bonds. The third-order valence-electron chi connectivity index (χ3n) is 3.17. The molecule has 0 heterocycles. The summed E-state index contributed by atoms with van der Waals surface area (Å²) < 4.78 is 4.45. The van der Waals surface area contributed by atoms with Crippen molar-refractivity contribution in [2.24, 2.45) is 0 Å². The van der Waals surface area contributed by atoms with Crippen molar-refractivity contribution in [1.82, 2.24) is 5.32 Å². The van der Waals surface area contributed by atoms with E-state index in [4.69, 9.17) is 0 Å². The van der Waals surface area contributed by atoms with E-state index in [1.54, 1.807) is 0 Å². The highest BCUT2D eigenvalue weighted by Crippen LogP contribution is 2.37. The van der Waals surface area contributed by atoms with Crippen LogP contribution >= 0.6 is 31.9 Å². The smallest absolute Gasteiger partial charge is 0.307 e. The van der Waals surface area contributed by atoms with Gasteiger partial charge in [0.25, 0.3) is 17.3 Å². The maximum absolute atomic E-state index is 12.5. The second-order valence-corrected chi connectivity index (χ2v) is 5.74. The number of nitrogens with zero attached hydrogens (tertiary/aromatic N) is 3. The maximum atomic E-state index is 12.5. The van der Waals surface area contributed by atoms with E-state index in [2.05, 4.69) is 41.9 Å². The molecule has 0 bridgehead atoms. The average molecular weight is 498 g/mol. The summed E-state index contributed by atoms with van der Waals surface area (Å²) in [6, 6.07) is 1.74. The van der Waals surface area contributed by atoms with Gasteiger partial charge in [-0.1, -0.05) is 31.9 Å². The molecule has 1 rings (SSSR count). The maximum Gasteiger partial charge on any atom is 0.307 e. The van der Waals surface area contributed by atoms with E-state index in [1.807, 2.05) is 0 Å². The molecule has 0 saturated heterocycles. The Morgan fingerprint density at radius 3 is 2.27 bits per heavy atom. The van der Waals surface area contributed by atoms with Gasteiger partial charge >= 0.3 is 5.97 Å². The fourth-order valence-electron chi connectivity index (χ4n) is 1.98. The van der Waals surface area contributed by atoms with E-state index in [0.717, 1.165) is 12.1 Å². The molecule has 13 heteroatoms. The summed E-state index contributed by atoms with van der Waals surface area (Å²) in [5.74, 6) is -1.35. The summed E-state index contributed by atoms with van der Waals surface area (Å²) >= 11 is 6.31. The minimum absolute atomic E-state index is 0.0927. The molecular weight excluding hydrogens is 484 g/mol. The molecule has 0 aliphatic carbocycles. The minimum Gasteiger partial charge on any atom is -0.469 e. The SMILES string of the molecule is COC(=O)CCNC(=O)c1cc([N+](=O)[O-])cc([N+](=O)[O-])c1N(CBr)CBr. The number of nitro benzene ring substituents is 2. The number of esters is 1. The second-order valence-electron chi connectivity index (χ2n) is 4.74. The first kappa shape index (κ1) is 21.8. The third-order valence-corrected chi connectivity index (χ3v) is 4.38. The number of ether oxygens (including phenoxy) is 1. The number of hydrogen-bond acceptors (Lipinski definition) is 8. The lowest BCUT2D eigenvalue weighted by Crippen LogP contribution is -2.30. The molecule has 0 fully saturated rings. The molecule has 0 saturated carbocycles. The Bertz CT molecular complexity index is 725. The van der Waals surface area contributed by atoms with Crippen LogP contribution in [0, 0.1) is 20.2 Å². The Balaban J connectivity index is 3.40. The van der Waals surface area contributed by atoms with Gasteiger partial charge in [-0.15, -0.1) is 0 Å². The zero-order chi connectivity index (χ0) is 19.9. The van der Waals surface area contributed by atoms with Crippen molar-refractivity contribution in [2.75, 3.05) is 29.5 Å². The highest BCUT2D eigenvalue weighted by Gasteiger charge is 2.30. The number of halogens is 2. The van der Waals surface area contributed by atoms with Crippen LogP contribution in [0.2, 0.25) is 0 Å². The molecule has 0 spiro atoms.